The van der Waals surface area contributed by atoms with E-state index in [0.29, 0.717) is 18.3 Å². The highest BCUT2D eigenvalue weighted by atomic mass is 15.3. The van der Waals surface area contributed by atoms with E-state index < -0.39 is 0 Å². The first kappa shape index (κ1) is 23.2. The van der Waals surface area contributed by atoms with Crippen LogP contribution in [0.3, 0.4) is 0 Å². The second-order valence-corrected chi connectivity index (χ2v) is 9.59. The molecule has 182 valence electrons. The number of unbranched alkanes of at least 4 members (excludes halogenated alkanes) is 1. The van der Waals surface area contributed by atoms with Gasteiger partial charge in [0.15, 0.2) is 0 Å². The third-order valence-electron chi connectivity index (χ3n) is 7.05. The smallest absolute Gasteiger partial charge is 0.149 e. The summed E-state index contributed by atoms with van der Waals surface area (Å²) in [6.07, 6.45) is 13.6. The number of nitrogens with zero attached hydrogens (tertiary/aromatic N) is 2. The first-order valence-corrected chi connectivity index (χ1v) is 12.8. The summed E-state index contributed by atoms with van der Waals surface area (Å²) in [6, 6.07) is 14.8. The van der Waals surface area contributed by atoms with Gasteiger partial charge < -0.3 is 27.0 Å². The van der Waals surface area contributed by atoms with E-state index in [9.17, 15) is 0 Å². The van der Waals surface area contributed by atoms with Crippen LogP contribution >= 0.6 is 0 Å². The molecule has 3 aromatic rings. The number of benzene rings is 2. The second kappa shape index (κ2) is 10.4. The first-order valence-electron chi connectivity index (χ1n) is 12.8. The van der Waals surface area contributed by atoms with Crippen molar-refractivity contribution in [3.63, 3.8) is 0 Å². The lowest BCUT2D eigenvalue weighted by molar-refractivity contribution is 0.539. The van der Waals surface area contributed by atoms with Crippen molar-refractivity contribution >= 4 is 33.8 Å². The Kier molecular flexibility index (Phi) is 6.91. The minimum absolute atomic E-state index is 0.244. The Morgan fingerprint density at radius 1 is 1.11 bits per heavy atom. The van der Waals surface area contributed by atoms with Gasteiger partial charge >= 0.3 is 0 Å². The Morgan fingerprint density at radius 3 is 2.69 bits per heavy atom. The maximum atomic E-state index is 6.51. The van der Waals surface area contributed by atoms with Crippen LogP contribution in [0, 0.1) is 5.92 Å². The van der Waals surface area contributed by atoms with Gasteiger partial charge in [0, 0.05) is 30.7 Å². The molecule has 0 bridgehead atoms. The number of hydrogen-bond acceptors (Lipinski definition) is 6. The summed E-state index contributed by atoms with van der Waals surface area (Å²) < 4.78 is 0. The Labute approximate surface area is 208 Å². The van der Waals surface area contributed by atoms with Gasteiger partial charge in [0.2, 0.25) is 0 Å². The number of fused-ring (bicyclic) bond motifs is 3. The SMILES string of the molecule is CCCCC1Nc2c(N)nc3cc(NCc4ccc(CN)cc4)ccc3c2N1CC1C=CC=CC1. The van der Waals surface area contributed by atoms with Gasteiger partial charge in [0.25, 0.3) is 0 Å². The highest BCUT2D eigenvalue weighted by Crippen LogP contribution is 2.45. The molecule has 6 N–H and O–H groups in total. The van der Waals surface area contributed by atoms with Crippen LogP contribution in [0.25, 0.3) is 10.9 Å². The minimum Gasteiger partial charge on any atom is -0.382 e. The van der Waals surface area contributed by atoms with E-state index in [1.54, 1.807) is 0 Å². The number of allylic oxidation sites excluding steroid dienone is 3. The zero-order valence-electron chi connectivity index (χ0n) is 20.5. The fraction of sp³-hybridized carbons (Fsp3) is 0.345. The molecule has 2 atom stereocenters. The summed E-state index contributed by atoms with van der Waals surface area (Å²) >= 11 is 0. The van der Waals surface area contributed by atoms with Gasteiger partial charge in [-0.15, -0.1) is 0 Å². The predicted octanol–water partition coefficient (Wildman–Crippen LogP) is 5.77. The maximum Gasteiger partial charge on any atom is 0.149 e. The third kappa shape index (κ3) is 4.98. The molecule has 2 aliphatic rings. The predicted molar refractivity (Wildman–Crippen MR) is 148 cm³/mol. The highest BCUT2D eigenvalue weighted by Gasteiger charge is 2.33. The molecule has 2 aromatic carbocycles. The summed E-state index contributed by atoms with van der Waals surface area (Å²) in [7, 11) is 0. The monoisotopic (exact) mass is 468 g/mol. The van der Waals surface area contributed by atoms with Crippen molar-refractivity contribution in [1.29, 1.82) is 0 Å². The van der Waals surface area contributed by atoms with E-state index in [1.165, 1.54) is 24.1 Å². The molecular weight excluding hydrogens is 432 g/mol. The molecule has 0 fully saturated rings. The van der Waals surface area contributed by atoms with Gasteiger partial charge in [0.05, 0.1) is 17.4 Å². The Bertz CT molecular complexity index is 1230. The number of nitrogen functional groups attached to an aromatic ring is 1. The van der Waals surface area contributed by atoms with E-state index in [0.717, 1.165) is 53.8 Å². The largest absolute Gasteiger partial charge is 0.382 e. The average Bonchev–Trinajstić information content (AvgIpc) is 3.25. The van der Waals surface area contributed by atoms with Crippen molar-refractivity contribution in [3.8, 4) is 0 Å². The summed E-state index contributed by atoms with van der Waals surface area (Å²) in [5.74, 6) is 1.07. The van der Waals surface area contributed by atoms with E-state index >= 15 is 0 Å². The number of nitrogens with one attached hydrogen (secondary N) is 2. The standard InChI is InChI=1S/C29H36N6/c1-2-3-9-26-34-27-28(35(26)19-22-7-5-4-6-8-22)24-15-14-23(16-25(24)33-29(27)31)32-18-21-12-10-20(17-30)11-13-21/h4-7,10-16,22,26,32,34H,2-3,8-9,17-19,30H2,1H3,(H2,31,33). The van der Waals surface area contributed by atoms with Crippen molar-refractivity contribution < 1.29 is 0 Å². The van der Waals surface area contributed by atoms with Gasteiger partial charge in [-0.2, -0.15) is 0 Å². The van der Waals surface area contributed by atoms with Crippen LogP contribution in [0.2, 0.25) is 0 Å². The zero-order valence-corrected chi connectivity index (χ0v) is 20.5. The fourth-order valence-electron chi connectivity index (χ4n) is 5.08. The summed E-state index contributed by atoms with van der Waals surface area (Å²) in [5, 5.41) is 8.39. The second-order valence-electron chi connectivity index (χ2n) is 9.59. The van der Waals surface area contributed by atoms with Crippen LogP contribution in [0.4, 0.5) is 22.9 Å². The van der Waals surface area contributed by atoms with Crippen molar-refractivity contribution in [3.05, 3.63) is 77.9 Å². The average molecular weight is 469 g/mol. The summed E-state index contributed by atoms with van der Waals surface area (Å²) in [4.78, 5) is 7.32. The quantitative estimate of drug-likeness (QED) is 0.319. The molecule has 5 rings (SSSR count). The lowest BCUT2D eigenvalue weighted by Gasteiger charge is -2.30. The van der Waals surface area contributed by atoms with Gasteiger partial charge in [-0.25, -0.2) is 4.98 Å². The molecule has 6 nitrogen and oxygen atoms in total. The molecule has 1 aliphatic carbocycles. The lowest BCUT2D eigenvalue weighted by Crippen LogP contribution is -2.39. The van der Waals surface area contributed by atoms with Crippen molar-refractivity contribution in [1.82, 2.24) is 4.98 Å². The molecule has 0 radical (unpaired) electrons. The minimum atomic E-state index is 0.244. The molecule has 0 spiro atoms. The molecule has 2 unspecified atom stereocenters. The Morgan fingerprint density at radius 2 is 1.94 bits per heavy atom. The molecule has 0 saturated heterocycles. The molecule has 6 heteroatoms. The van der Waals surface area contributed by atoms with E-state index in [2.05, 4.69) is 89.2 Å². The number of rotatable bonds is 9. The van der Waals surface area contributed by atoms with Gasteiger partial charge in [-0.3, -0.25) is 0 Å². The summed E-state index contributed by atoms with van der Waals surface area (Å²) in [6.45, 7) is 4.51. The first-order chi connectivity index (χ1) is 17.2. The molecule has 1 aromatic heterocycles. The van der Waals surface area contributed by atoms with Gasteiger partial charge in [0.1, 0.15) is 11.5 Å². The molecule has 0 amide bonds. The fourth-order valence-corrected chi connectivity index (χ4v) is 5.08. The van der Waals surface area contributed by atoms with E-state index in [-0.39, 0.29) is 6.17 Å². The van der Waals surface area contributed by atoms with Gasteiger partial charge in [-0.1, -0.05) is 61.9 Å². The maximum absolute atomic E-state index is 6.51. The lowest BCUT2D eigenvalue weighted by atomic mass is 9.99. The number of pyridine rings is 1. The normalized spacial score (nSPS) is 18.6. The van der Waals surface area contributed by atoms with Crippen LogP contribution in [0.5, 0.6) is 0 Å². The molecule has 1 aliphatic heterocycles. The zero-order chi connectivity index (χ0) is 24.2. The Hall–Kier alpha value is -3.51. The third-order valence-corrected chi connectivity index (χ3v) is 7.05. The highest BCUT2D eigenvalue weighted by molar-refractivity contribution is 6.05. The van der Waals surface area contributed by atoms with Crippen LogP contribution in [0.1, 0.15) is 43.7 Å². The number of nitrogens with two attached hydrogens (primary N) is 2. The number of aromatic nitrogens is 1. The van der Waals surface area contributed by atoms with Gasteiger partial charge in [-0.05, 0) is 54.5 Å². The molecule has 2 heterocycles. The van der Waals surface area contributed by atoms with Crippen LogP contribution in [-0.4, -0.2) is 17.7 Å². The van der Waals surface area contributed by atoms with E-state index in [4.69, 9.17) is 16.5 Å². The van der Waals surface area contributed by atoms with Crippen molar-refractivity contribution in [2.45, 2.75) is 51.9 Å². The number of anilines is 4. The van der Waals surface area contributed by atoms with E-state index in [1.807, 2.05) is 0 Å². The number of hydrogen-bond donors (Lipinski definition) is 4. The molecular formula is C29H36N6. The summed E-state index contributed by atoms with van der Waals surface area (Å²) in [5.41, 5.74) is 18.7. The van der Waals surface area contributed by atoms with Crippen LogP contribution in [-0.2, 0) is 13.1 Å². The molecule has 0 saturated carbocycles. The van der Waals surface area contributed by atoms with Crippen molar-refractivity contribution in [2.24, 2.45) is 11.7 Å². The van der Waals surface area contributed by atoms with Crippen molar-refractivity contribution in [2.75, 3.05) is 27.8 Å². The molecule has 35 heavy (non-hydrogen) atoms. The topological polar surface area (TPSA) is 92.2 Å². The Balaban J connectivity index is 1.43. The van der Waals surface area contributed by atoms with Crippen LogP contribution in [0.15, 0.2) is 66.8 Å². The van der Waals surface area contributed by atoms with Crippen LogP contribution < -0.4 is 27.0 Å².